The summed E-state index contributed by atoms with van der Waals surface area (Å²) in [4.78, 5) is 14.5. The highest BCUT2D eigenvalue weighted by Gasteiger charge is 2.34. The van der Waals surface area contributed by atoms with Crippen molar-refractivity contribution in [1.82, 2.24) is 4.90 Å². The van der Waals surface area contributed by atoms with Gasteiger partial charge >= 0.3 is 0 Å². The number of amides is 1. The fourth-order valence-electron chi connectivity index (χ4n) is 3.71. The molecule has 1 amide bonds. The Balaban J connectivity index is 1.47. The third kappa shape index (κ3) is 4.77. The molecule has 1 aliphatic heterocycles. The van der Waals surface area contributed by atoms with Crippen LogP contribution in [-0.2, 0) is 9.84 Å². The molecule has 160 valence electrons. The number of rotatable bonds is 4. The predicted octanol–water partition coefficient (Wildman–Crippen LogP) is 4.62. The molecule has 1 fully saturated rings. The van der Waals surface area contributed by atoms with E-state index in [0.29, 0.717) is 17.1 Å². The number of hydrogen-bond acceptors (Lipinski definition) is 4. The second-order valence-corrected chi connectivity index (χ2v) is 9.70. The number of sulfone groups is 1. The molecule has 31 heavy (non-hydrogen) atoms. The van der Waals surface area contributed by atoms with E-state index < -0.39 is 20.9 Å². The van der Waals surface area contributed by atoms with Crippen LogP contribution in [0.4, 0.5) is 4.39 Å². The van der Waals surface area contributed by atoms with Crippen molar-refractivity contribution in [2.45, 2.75) is 11.7 Å². The molecule has 0 spiro atoms. The number of carbonyl (C=O) groups is 1. The van der Waals surface area contributed by atoms with E-state index in [1.807, 2.05) is 30.3 Å². The topological polar surface area (TPSA) is 63.7 Å². The molecule has 4 rings (SSSR count). The molecule has 5 nitrogen and oxygen atoms in total. The molecule has 1 aliphatic rings. The van der Waals surface area contributed by atoms with Gasteiger partial charge in [-0.15, -0.1) is 0 Å². The maximum Gasteiger partial charge on any atom is 0.253 e. The number of hydrogen-bond donors (Lipinski definition) is 0. The number of carbonyl (C=O) groups excluding carboxylic acids is 1. The molecular formula is C24H22FNO4S. The van der Waals surface area contributed by atoms with Crippen molar-refractivity contribution in [3.8, 4) is 11.5 Å². The van der Waals surface area contributed by atoms with Crippen LogP contribution in [0.25, 0.3) is 0 Å². The summed E-state index contributed by atoms with van der Waals surface area (Å²) in [5, 5.41) is -0.951. The van der Waals surface area contributed by atoms with Crippen LogP contribution in [0.5, 0.6) is 11.5 Å². The molecule has 1 unspecified atom stereocenters. The molecule has 0 saturated carbocycles. The van der Waals surface area contributed by atoms with Gasteiger partial charge in [0.25, 0.3) is 5.91 Å². The molecule has 1 heterocycles. The highest BCUT2D eigenvalue weighted by molar-refractivity contribution is 7.91. The summed E-state index contributed by atoms with van der Waals surface area (Å²) in [6.45, 7) is 0.313. The van der Waals surface area contributed by atoms with Gasteiger partial charge in [0.2, 0.25) is 0 Å². The quantitative estimate of drug-likeness (QED) is 0.595. The smallest absolute Gasteiger partial charge is 0.253 e. The highest BCUT2D eigenvalue weighted by atomic mass is 32.2. The summed E-state index contributed by atoms with van der Waals surface area (Å²) in [7, 11) is -3.58. The van der Waals surface area contributed by atoms with Crippen LogP contribution in [0.3, 0.4) is 0 Å². The molecule has 0 aromatic heterocycles. The Bertz CT molecular complexity index is 1160. The van der Waals surface area contributed by atoms with Crippen LogP contribution in [0.15, 0.2) is 78.9 Å². The van der Waals surface area contributed by atoms with Crippen molar-refractivity contribution in [1.29, 1.82) is 0 Å². The van der Waals surface area contributed by atoms with Crippen molar-refractivity contribution >= 4 is 15.7 Å². The van der Waals surface area contributed by atoms with Gasteiger partial charge in [0.05, 0.1) is 11.0 Å². The van der Waals surface area contributed by atoms with Gasteiger partial charge in [-0.25, -0.2) is 12.8 Å². The number of para-hydroxylation sites is 1. The van der Waals surface area contributed by atoms with Crippen LogP contribution >= 0.6 is 0 Å². The minimum Gasteiger partial charge on any atom is -0.457 e. The lowest BCUT2D eigenvalue weighted by Gasteiger charge is -2.20. The first kappa shape index (κ1) is 21.1. The Morgan fingerprint density at radius 1 is 0.871 bits per heavy atom. The molecule has 1 saturated heterocycles. The Labute approximate surface area is 181 Å². The molecule has 7 heteroatoms. The lowest BCUT2D eigenvalue weighted by atomic mass is 10.1. The minimum atomic E-state index is -3.58. The average Bonchev–Trinajstić information content (AvgIpc) is 2.93. The van der Waals surface area contributed by atoms with Crippen molar-refractivity contribution in [3.63, 3.8) is 0 Å². The Morgan fingerprint density at radius 2 is 1.52 bits per heavy atom. The zero-order valence-electron chi connectivity index (χ0n) is 16.8. The number of ether oxygens (including phenoxy) is 1. The molecule has 3 aromatic rings. The van der Waals surface area contributed by atoms with Crippen LogP contribution in [-0.4, -0.2) is 38.1 Å². The molecule has 0 radical (unpaired) electrons. The largest absolute Gasteiger partial charge is 0.457 e. The third-order valence-electron chi connectivity index (χ3n) is 5.36. The summed E-state index contributed by atoms with van der Waals surface area (Å²) in [5.74, 6) is 0.298. The molecule has 0 N–H and O–H groups in total. The summed E-state index contributed by atoms with van der Waals surface area (Å²) < 4.78 is 45.5. The first-order valence-corrected chi connectivity index (χ1v) is 11.7. The lowest BCUT2D eigenvalue weighted by Crippen LogP contribution is -2.33. The van der Waals surface area contributed by atoms with Crippen molar-refractivity contribution in [2.75, 3.05) is 18.8 Å². The standard InChI is InChI=1S/C24H22FNO4S/c25-22-9-5-4-8-21(22)23-14-15-26(16-17-31(23,28)29)24(27)18-10-12-20(13-11-18)30-19-6-2-1-3-7-19/h1-13,23H,14-17H2. The first-order valence-electron chi connectivity index (χ1n) is 10.0. The monoisotopic (exact) mass is 439 g/mol. The van der Waals surface area contributed by atoms with E-state index in [1.165, 1.54) is 23.1 Å². The van der Waals surface area contributed by atoms with Crippen LogP contribution in [0.2, 0.25) is 0 Å². The van der Waals surface area contributed by atoms with Gasteiger partial charge in [0.1, 0.15) is 17.3 Å². The van der Waals surface area contributed by atoms with Crippen LogP contribution in [0.1, 0.15) is 27.6 Å². The molecule has 1 atom stereocenters. The fraction of sp³-hybridized carbons (Fsp3) is 0.208. The van der Waals surface area contributed by atoms with E-state index in [1.54, 1.807) is 30.3 Å². The Hall–Kier alpha value is -3.19. The number of benzene rings is 3. The number of nitrogens with zero attached hydrogens (tertiary/aromatic N) is 1. The van der Waals surface area contributed by atoms with Gasteiger partial charge < -0.3 is 9.64 Å². The van der Waals surface area contributed by atoms with E-state index in [4.69, 9.17) is 4.74 Å². The minimum absolute atomic E-state index is 0.0778. The van der Waals surface area contributed by atoms with E-state index in [2.05, 4.69) is 0 Å². The SMILES string of the molecule is O=C(c1ccc(Oc2ccccc2)cc1)N1CCC(c2ccccc2F)S(=O)(=O)CC1. The summed E-state index contributed by atoms with van der Waals surface area (Å²) in [5.41, 5.74) is 0.612. The van der Waals surface area contributed by atoms with Crippen LogP contribution < -0.4 is 4.74 Å². The van der Waals surface area contributed by atoms with E-state index in [-0.39, 0.29) is 36.7 Å². The third-order valence-corrected chi connectivity index (χ3v) is 7.47. The number of halogens is 1. The Morgan fingerprint density at radius 3 is 2.23 bits per heavy atom. The van der Waals surface area contributed by atoms with Gasteiger partial charge in [0.15, 0.2) is 9.84 Å². The van der Waals surface area contributed by atoms with Gasteiger partial charge in [-0.2, -0.15) is 0 Å². The second-order valence-electron chi connectivity index (χ2n) is 7.40. The normalized spacial score (nSPS) is 18.2. The van der Waals surface area contributed by atoms with Gasteiger partial charge in [0, 0.05) is 24.2 Å². The zero-order valence-corrected chi connectivity index (χ0v) is 17.6. The fourth-order valence-corrected chi connectivity index (χ4v) is 5.51. The lowest BCUT2D eigenvalue weighted by molar-refractivity contribution is 0.0766. The van der Waals surface area contributed by atoms with Crippen molar-refractivity contribution in [3.05, 3.63) is 95.8 Å². The van der Waals surface area contributed by atoms with E-state index in [9.17, 15) is 17.6 Å². The van der Waals surface area contributed by atoms with Crippen molar-refractivity contribution < 1.29 is 22.3 Å². The second kappa shape index (κ2) is 8.89. The highest BCUT2D eigenvalue weighted by Crippen LogP contribution is 2.31. The Kier molecular flexibility index (Phi) is 6.04. The summed E-state index contributed by atoms with van der Waals surface area (Å²) >= 11 is 0. The zero-order chi connectivity index (χ0) is 21.8. The maximum atomic E-state index is 14.2. The van der Waals surface area contributed by atoms with Gasteiger partial charge in [-0.1, -0.05) is 36.4 Å². The molecule has 3 aromatic carbocycles. The van der Waals surface area contributed by atoms with Gasteiger partial charge in [-0.05, 0) is 48.9 Å². The average molecular weight is 440 g/mol. The maximum absolute atomic E-state index is 14.2. The van der Waals surface area contributed by atoms with E-state index >= 15 is 0 Å². The molecule has 0 bridgehead atoms. The summed E-state index contributed by atoms with van der Waals surface area (Å²) in [6, 6.07) is 22.0. The van der Waals surface area contributed by atoms with Gasteiger partial charge in [-0.3, -0.25) is 4.79 Å². The predicted molar refractivity (Wildman–Crippen MR) is 116 cm³/mol. The van der Waals surface area contributed by atoms with Crippen LogP contribution in [0, 0.1) is 5.82 Å². The molecule has 0 aliphatic carbocycles. The van der Waals surface area contributed by atoms with E-state index in [0.717, 1.165) is 0 Å². The summed E-state index contributed by atoms with van der Waals surface area (Å²) in [6.07, 6.45) is 0.157. The first-order chi connectivity index (χ1) is 14.9. The molecular weight excluding hydrogens is 417 g/mol. The van der Waals surface area contributed by atoms with Crippen molar-refractivity contribution in [2.24, 2.45) is 0 Å².